The van der Waals surface area contributed by atoms with E-state index in [1.807, 2.05) is 0 Å². The van der Waals surface area contributed by atoms with Gasteiger partial charge >= 0.3 is 0 Å². The molecule has 0 fully saturated rings. The number of hydrogen-bond acceptors (Lipinski definition) is 0. The van der Waals surface area contributed by atoms with Crippen LogP contribution >= 0.6 is 0 Å². The van der Waals surface area contributed by atoms with E-state index in [2.05, 4.69) is 24.3 Å². The summed E-state index contributed by atoms with van der Waals surface area (Å²) >= 11 is 0. The zero-order chi connectivity index (χ0) is 7.52. The maximum Gasteiger partial charge on any atom is -0.00531 e. The van der Waals surface area contributed by atoms with Gasteiger partial charge in [-0.2, -0.15) is 0 Å². The van der Waals surface area contributed by atoms with Gasteiger partial charge in [-0.05, 0) is 24.7 Å². The van der Waals surface area contributed by atoms with Crippen molar-refractivity contribution in [1.29, 1.82) is 0 Å². The van der Waals surface area contributed by atoms with E-state index < -0.39 is 0 Å². The minimum atomic E-state index is 0.768. The van der Waals surface area contributed by atoms with Crippen LogP contribution in [0.15, 0.2) is 24.3 Å². The van der Waals surface area contributed by atoms with Crippen LogP contribution in [0.1, 0.15) is 32.1 Å². The van der Waals surface area contributed by atoms with Crippen LogP contribution in [0.3, 0.4) is 0 Å². The second-order valence-electron chi connectivity index (χ2n) is 3.74. The molecule has 0 saturated carbocycles. The first kappa shape index (κ1) is 7.15. The Labute approximate surface area is 69.0 Å². The fraction of sp³-hybridized carbons (Fsp3) is 0.636. The molecule has 0 aliphatic heterocycles. The molecule has 11 heavy (non-hydrogen) atoms. The van der Waals surface area contributed by atoms with Crippen LogP contribution in [0.5, 0.6) is 0 Å². The normalized spacial score (nSPS) is 36.4. The van der Waals surface area contributed by atoms with E-state index in [0.717, 1.165) is 11.8 Å². The summed E-state index contributed by atoms with van der Waals surface area (Å²) in [6.45, 7) is 0. The lowest BCUT2D eigenvalue weighted by atomic mass is 9.93. The fourth-order valence-electron chi connectivity index (χ4n) is 2.02. The Balaban J connectivity index is 2.07. The molecule has 0 saturated heterocycles. The van der Waals surface area contributed by atoms with E-state index in [0.29, 0.717) is 0 Å². The maximum absolute atomic E-state index is 2.40. The molecular weight excluding hydrogens is 132 g/mol. The van der Waals surface area contributed by atoms with Gasteiger partial charge in [0.25, 0.3) is 0 Å². The average Bonchev–Trinajstić information content (AvgIpc) is 2.21. The molecule has 0 radical (unpaired) electrons. The highest BCUT2D eigenvalue weighted by atomic mass is 14.2. The smallest absolute Gasteiger partial charge is 0.00531 e. The van der Waals surface area contributed by atoms with Crippen LogP contribution in [0.4, 0.5) is 0 Å². The summed E-state index contributed by atoms with van der Waals surface area (Å²) < 4.78 is 0. The van der Waals surface area contributed by atoms with Crippen LogP contribution in [-0.2, 0) is 0 Å². The predicted octanol–water partition coefficient (Wildman–Crippen LogP) is 3.31. The van der Waals surface area contributed by atoms with Crippen molar-refractivity contribution in [2.45, 2.75) is 32.1 Å². The summed E-state index contributed by atoms with van der Waals surface area (Å²) in [5.41, 5.74) is 0. The minimum absolute atomic E-state index is 0.768. The van der Waals surface area contributed by atoms with Crippen molar-refractivity contribution in [2.75, 3.05) is 0 Å². The summed E-state index contributed by atoms with van der Waals surface area (Å²) in [6.07, 6.45) is 16.6. The van der Waals surface area contributed by atoms with Crippen molar-refractivity contribution in [3.63, 3.8) is 0 Å². The SMILES string of the molecule is C1=CC2C=CC1CCCCC2. The van der Waals surface area contributed by atoms with Crippen LogP contribution in [-0.4, -0.2) is 0 Å². The zero-order valence-corrected chi connectivity index (χ0v) is 7.00. The number of hydrogen-bond donors (Lipinski definition) is 0. The molecule has 0 aromatic heterocycles. The van der Waals surface area contributed by atoms with Gasteiger partial charge in [-0.3, -0.25) is 0 Å². The number of rotatable bonds is 0. The fourth-order valence-corrected chi connectivity index (χ4v) is 2.02. The highest BCUT2D eigenvalue weighted by Crippen LogP contribution is 2.26. The second kappa shape index (κ2) is 3.25. The van der Waals surface area contributed by atoms with Gasteiger partial charge in [-0.15, -0.1) is 0 Å². The predicted molar refractivity (Wildman–Crippen MR) is 48.3 cm³/mol. The van der Waals surface area contributed by atoms with Crippen molar-refractivity contribution >= 4 is 0 Å². The number of fused-ring (bicyclic) bond motifs is 4. The average molecular weight is 148 g/mol. The van der Waals surface area contributed by atoms with Crippen molar-refractivity contribution in [2.24, 2.45) is 11.8 Å². The van der Waals surface area contributed by atoms with Crippen LogP contribution in [0.25, 0.3) is 0 Å². The Bertz CT molecular complexity index is 144. The lowest BCUT2D eigenvalue weighted by Gasteiger charge is -2.12. The van der Waals surface area contributed by atoms with E-state index in [4.69, 9.17) is 0 Å². The molecule has 3 aliphatic rings. The molecule has 2 bridgehead atoms. The molecule has 0 unspecified atom stereocenters. The molecule has 0 heterocycles. The lowest BCUT2D eigenvalue weighted by molar-refractivity contribution is 0.587. The highest BCUT2D eigenvalue weighted by molar-refractivity contribution is 5.13. The Hall–Kier alpha value is -0.520. The summed E-state index contributed by atoms with van der Waals surface area (Å²) in [6, 6.07) is 0. The third kappa shape index (κ3) is 1.74. The molecule has 0 aromatic rings. The molecule has 0 atom stereocenters. The highest BCUT2D eigenvalue weighted by Gasteiger charge is 2.11. The topological polar surface area (TPSA) is 0 Å². The van der Waals surface area contributed by atoms with Gasteiger partial charge < -0.3 is 0 Å². The molecule has 3 aliphatic carbocycles. The van der Waals surface area contributed by atoms with E-state index in [1.165, 1.54) is 32.1 Å². The standard InChI is InChI=1S/C11H16/c1-2-4-10-6-8-11(5-3-1)9-7-10/h6-11H,1-5H2. The Morgan fingerprint density at radius 2 is 1.09 bits per heavy atom. The lowest BCUT2D eigenvalue weighted by Crippen LogP contribution is -1.99. The molecule has 0 N–H and O–H groups in total. The second-order valence-corrected chi connectivity index (χ2v) is 3.74. The molecule has 3 rings (SSSR count). The quantitative estimate of drug-likeness (QED) is 0.462. The van der Waals surface area contributed by atoms with Gasteiger partial charge in [0.15, 0.2) is 0 Å². The van der Waals surface area contributed by atoms with Gasteiger partial charge in [0, 0.05) is 0 Å². The molecule has 60 valence electrons. The first-order valence-corrected chi connectivity index (χ1v) is 4.82. The van der Waals surface area contributed by atoms with Gasteiger partial charge in [0.2, 0.25) is 0 Å². The Kier molecular flexibility index (Phi) is 2.11. The summed E-state index contributed by atoms with van der Waals surface area (Å²) in [4.78, 5) is 0. The van der Waals surface area contributed by atoms with Gasteiger partial charge in [0.1, 0.15) is 0 Å². The van der Waals surface area contributed by atoms with Crippen LogP contribution in [0.2, 0.25) is 0 Å². The van der Waals surface area contributed by atoms with E-state index >= 15 is 0 Å². The first-order valence-electron chi connectivity index (χ1n) is 4.82. The van der Waals surface area contributed by atoms with Gasteiger partial charge in [0.05, 0.1) is 0 Å². The molecule has 0 nitrogen and oxygen atoms in total. The monoisotopic (exact) mass is 148 g/mol. The summed E-state index contributed by atoms with van der Waals surface area (Å²) in [5.74, 6) is 1.54. The van der Waals surface area contributed by atoms with Crippen molar-refractivity contribution < 1.29 is 0 Å². The zero-order valence-electron chi connectivity index (χ0n) is 7.00. The number of allylic oxidation sites excluding steroid dienone is 4. The van der Waals surface area contributed by atoms with Gasteiger partial charge in [-0.25, -0.2) is 0 Å². The third-order valence-electron chi connectivity index (χ3n) is 2.79. The Morgan fingerprint density at radius 3 is 1.55 bits per heavy atom. The van der Waals surface area contributed by atoms with Crippen LogP contribution in [0, 0.1) is 11.8 Å². The molecule has 0 spiro atoms. The van der Waals surface area contributed by atoms with E-state index in [-0.39, 0.29) is 0 Å². The van der Waals surface area contributed by atoms with E-state index in [9.17, 15) is 0 Å². The molecule has 0 aromatic carbocycles. The van der Waals surface area contributed by atoms with Gasteiger partial charge in [-0.1, -0.05) is 43.6 Å². The van der Waals surface area contributed by atoms with Crippen LogP contribution < -0.4 is 0 Å². The largest absolute Gasteiger partial charge is 0.0810 e. The summed E-state index contributed by atoms with van der Waals surface area (Å²) in [5, 5.41) is 0. The van der Waals surface area contributed by atoms with Crippen molar-refractivity contribution in [3.05, 3.63) is 24.3 Å². The van der Waals surface area contributed by atoms with Crippen molar-refractivity contribution in [1.82, 2.24) is 0 Å². The molecule has 0 heteroatoms. The summed E-state index contributed by atoms with van der Waals surface area (Å²) in [7, 11) is 0. The maximum atomic E-state index is 2.40. The van der Waals surface area contributed by atoms with Crippen molar-refractivity contribution in [3.8, 4) is 0 Å². The van der Waals surface area contributed by atoms with E-state index in [1.54, 1.807) is 0 Å². The molecule has 0 amide bonds. The third-order valence-corrected chi connectivity index (χ3v) is 2.79. The Morgan fingerprint density at radius 1 is 0.636 bits per heavy atom. The minimum Gasteiger partial charge on any atom is -0.0810 e. The first-order chi connectivity index (χ1) is 5.45. The molecular formula is C11H16.